The largest absolute Gasteiger partial charge is 0.441 e. The Morgan fingerprint density at radius 1 is 1.42 bits per heavy atom. The summed E-state index contributed by atoms with van der Waals surface area (Å²) in [5.74, 6) is 0.622. The molecule has 100 valence electrons. The van der Waals surface area contributed by atoms with Gasteiger partial charge in [0.2, 0.25) is 0 Å². The maximum Gasteiger partial charge on any atom is 0.416 e. The molecule has 0 unspecified atom stereocenters. The first kappa shape index (κ1) is 12.1. The Kier molecular flexibility index (Phi) is 2.93. The predicted molar refractivity (Wildman–Crippen MR) is 66.6 cm³/mol. The van der Waals surface area contributed by atoms with Crippen LogP contribution in [0.25, 0.3) is 0 Å². The summed E-state index contributed by atoms with van der Waals surface area (Å²) in [6.45, 7) is 0.496. The molecule has 2 aliphatic rings. The van der Waals surface area contributed by atoms with Gasteiger partial charge in [0.15, 0.2) is 5.82 Å². The third-order valence-corrected chi connectivity index (χ3v) is 3.94. The van der Waals surface area contributed by atoms with Crippen molar-refractivity contribution in [3.8, 4) is 0 Å². The quantitative estimate of drug-likeness (QED) is 0.755. The van der Waals surface area contributed by atoms with Crippen LogP contribution in [0.5, 0.6) is 0 Å². The molecule has 1 aliphatic heterocycles. The molecule has 3 rings (SSSR count). The average molecular weight is 261 g/mol. The zero-order valence-electron chi connectivity index (χ0n) is 10.5. The molecule has 2 heterocycles. The molecule has 0 aromatic carbocycles. The first-order chi connectivity index (χ1) is 9.22. The number of hydrogen-bond acceptors (Lipinski definition) is 5. The normalized spacial score (nSPS) is 30.4. The lowest BCUT2D eigenvalue weighted by Crippen LogP contribution is -2.39. The Bertz CT molecular complexity index is 483. The van der Waals surface area contributed by atoms with E-state index in [0.717, 1.165) is 32.0 Å². The average Bonchev–Trinajstić information content (AvgIpc) is 2.77. The van der Waals surface area contributed by atoms with Crippen LogP contribution in [0.2, 0.25) is 0 Å². The SMILES string of the molecule is O=C[C@H]1CC[C@]2(CC1)CN(c1cccnn1)C(=O)O2. The fourth-order valence-corrected chi connectivity index (χ4v) is 2.80. The van der Waals surface area contributed by atoms with Crippen LogP contribution in [-0.2, 0) is 9.53 Å². The minimum absolute atomic E-state index is 0.106. The zero-order valence-corrected chi connectivity index (χ0v) is 10.5. The van der Waals surface area contributed by atoms with Gasteiger partial charge in [-0.2, -0.15) is 5.10 Å². The lowest BCUT2D eigenvalue weighted by molar-refractivity contribution is -0.113. The summed E-state index contributed by atoms with van der Waals surface area (Å²) >= 11 is 0. The number of amides is 1. The monoisotopic (exact) mass is 261 g/mol. The number of anilines is 1. The molecule has 0 radical (unpaired) electrons. The Morgan fingerprint density at radius 3 is 2.84 bits per heavy atom. The van der Waals surface area contributed by atoms with Crippen molar-refractivity contribution in [2.24, 2.45) is 5.92 Å². The molecule has 1 aliphatic carbocycles. The summed E-state index contributed by atoms with van der Waals surface area (Å²) in [6.07, 6.45) is 5.23. The van der Waals surface area contributed by atoms with E-state index >= 15 is 0 Å². The minimum atomic E-state index is -0.450. The zero-order chi connectivity index (χ0) is 13.3. The molecule has 1 aromatic rings. The molecule has 1 amide bonds. The molecule has 2 fully saturated rings. The summed E-state index contributed by atoms with van der Waals surface area (Å²) in [7, 11) is 0. The Balaban J connectivity index is 1.75. The van der Waals surface area contributed by atoms with Crippen molar-refractivity contribution in [1.82, 2.24) is 10.2 Å². The van der Waals surface area contributed by atoms with Crippen molar-refractivity contribution in [2.45, 2.75) is 31.3 Å². The summed E-state index contributed by atoms with van der Waals surface area (Å²) < 4.78 is 5.55. The molecule has 0 bridgehead atoms. The first-order valence-electron chi connectivity index (χ1n) is 6.46. The smallest absolute Gasteiger partial charge is 0.416 e. The number of rotatable bonds is 2. The standard InChI is InChI=1S/C13H15N3O3/c17-8-10-3-5-13(6-4-10)9-16(12(18)19-13)11-2-1-7-14-15-11/h1-2,7-8,10H,3-6,9H2/t10-,13-. The highest BCUT2D eigenvalue weighted by Gasteiger charge is 2.48. The highest BCUT2D eigenvalue weighted by molar-refractivity contribution is 5.89. The van der Waals surface area contributed by atoms with E-state index in [-0.39, 0.29) is 12.0 Å². The molecule has 6 heteroatoms. The third-order valence-electron chi connectivity index (χ3n) is 3.94. The number of hydrogen-bond donors (Lipinski definition) is 0. The summed E-state index contributed by atoms with van der Waals surface area (Å²) in [4.78, 5) is 24.3. The molecule has 1 saturated carbocycles. The van der Waals surface area contributed by atoms with Gasteiger partial charge in [-0.15, -0.1) is 5.10 Å². The van der Waals surface area contributed by atoms with Crippen molar-refractivity contribution >= 4 is 18.2 Å². The van der Waals surface area contributed by atoms with Gasteiger partial charge in [0.25, 0.3) is 0 Å². The topological polar surface area (TPSA) is 72.4 Å². The second kappa shape index (κ2) is 4.60. The van der Waals surface area contributed by atoms with Crippen LogP contribution in [0.1, 0.15) is 25.7 Å². The van der Waals surface area contributed by atoms with Crippen LogP contribution in [0.4, 0.5) is 10.6 Å². The van der Waals surface area contributed by atoms with Crippen LogP contribution in [0.15, 0.2) is 18.3 Å². The molecule has 1 aromatic heterocycles. The van der Waals surface area contributed by atoms with E-state index in [2.05, 4.69) is 10.2 Å². The lowest BCUT2D eigenvalue weighted by atomic mass is 9.79. The van der Waals surface area contributed by atoms with Crippen LogP contribution in [0, 0.1) is 5.92 Å². The van der Waals surface area contributed by atoms with Gasteiger partial charge in [0, 0.05) is 12.1 Å². The Morgan fingerprint density at radius 2 is 2.21 bits per heavy atom. The van der Waals surface area contributed by atoms with Crippen LogP contribution >= 0.6 is 0 Å². The van der Waals surface area contributed by atoms with Crippen molar-refractivity contribution in [3.05, 3.63) is 18.3 Å². The highest BCUT2D eigenvalue weighted by atomic mass is 16.6. The first-order valence-corrected chi connectivity index (χ1v) is 6.46. The fourth-order valence-electron chi connectivity index (χ4n) is 2.80. The van der Waals surface area contributed by atoms with Gasteiger partial charge >= 0.3 is 6.09 Å². The van der Waals surface area contributed by atoms with E-state index in [9.17, 15) is 9.59 Å². The molecule has 1 spiro atoms. The molecule has 0 atom stereocenters. The molecular formula is C13H15N3O3. The summed E-state index contributed by atoms with van der Waals surface area (Å²) in [5, 5.41) is 7.72. The van der Waals surface area contributed by atoms with Crippen molar-refractivity contribution in [3.63, 3.8) is 0 Å². The van der Waals surface area contributed by atoms with E-state index < -0.39 is 5.60 Å². The maximum atomic E-state index is 12.0. The molecule has 1 saturated heterocycles. The van der Waals surface area contributed by atoms with E-state index in [1.165, 1.54) is 4.90 Å². The van der Waals surface area contributed by atoms with Gasteiger partial charge in [-0.05, 0) is 37.8 Å². The molecular weight excluding hydrogens is 246 g/mol. The van der Waals surface area contributed by atoms with Gasteiger partial charge in [0.1, 0.15) is 11.9 Å². The predicted octanol–water partition coefficient (Wildman–Crippen LogP) is 1.56. The molecule has 6 nitrogen and oxygen atoms in total. The number of aldehydes is 1. The van der Waals surface area contributed by atoms with Gasteiger partial charge in [-0.1, -0.05) is 0 Å². The number of aromatic nitrogens is 2. The second-order valence-electron chi connectivity index (χ2n) is 5.19. The highest BCUT2D eigenvalue weighted by Crippen LogP contribution is 2.39. The van der Waals surface area contributed by atoms with Crippen molar-refractivity contribution < 1.29 is 14.3 Å². The van der Waals surface area contributed by atoms with E-state index in [1.807, 2.05) is 0 Å². The molecule has 0 N–H and O–H groups in total. The van der Waals surface area contributed by atoms with Gasteiger partial charge in [-0.3, -0.25) is 4.90 Å². The van der Waals surface area contributed by atoms with E-state index in [4.69, 9.17) is 4.74 Å². The van der Waals surface area contributed by atoms with Crippen molar-refractivity contribution in [1.29, 1.82) is 0 Å². The second-order valence-corrected chi connectivity index (χ2v) is 5.19. The van der Waals surface area contributed by atoms with Crippen molar-refractivity contribution in [2.75, 3.05) is 11.4 Å². The van der Waals surface area contributed by atoms with Crippen LogP contribution in [0.3, 0.4) is 0 Å². The summed E-state index contributed by atoms with van der Waals surface area (Å²) in [5.41, 5.74) is -0.450. The minimum Gasteiger partial charge on any atom is -0.441 e. The fraction of sp³-hybridized carbons (Fsp3) is 0.538. The van der Waals surface area contributed by atoms with Gasteiger partial charge < -0.3 is 9.53 Å². The lowest BCUT2D eigenvalue weighted by Gasteiger charge is -2.33. The third kappa shape index (κ3) is 2.18. The van der Waals surface area contributed by atoms with E-state index in [1.54, 1.807) is 18.3 Å². The Hall–Kier alpha value is -1.98. The maximum absolute atomic E-state index is 12.0. The number of nitrogens with zero attached hydrogens (tertiary/aromatic N) is 3. The Labute approximate surface area is 110 Å². The number of carbonyl (C=O) groups is 2. The summed E-state index contributed by atoms with van der Waals surface area (Å²) in [6, 6.07) is 3.48. The number of carbonyl (C=O) groups excluding carboxylic acids is 2. The number of ether oxygens (including phenoxy) is 1. The van der Waals surface area contributed by atoms with Crippen LogP contribution in [-0.4, -0.2) is 34.7 Å². The van der Waals surface area contributed by atoms with Gasteiger partial charge in [-0.25, -0.2) is 4.79 Å². The van der Waals surface area contributed by atoms with Gasteiger partial charge in [0.05, 0.1) is 6.54 Å². The van der Waals surface area contributed by atoms with Crippen LogP contribution < -0.4 is 4.90 Å². The molecule has 19 heavy (non-hydrogen) atoms. The van der Waals surface area contributed by atoms with E-state index in [0.29, 0.717) is 12.4 Å².